The van der Waals surface area contributed by atoms with Gasteiger partial charge in [0.05, 0.1) is 12.6 Å². The van der Waals surface area contributed by atoms with E-state index in [9.17, 15) is 10.1 Å². The van der Waals surface area contributed by atoms with E-state index in [1.54, 1.807) is 0 Å². The summed E-state index contributed by atoms with van der Waals surface area (Å²) in [5.41, 5.74) is 2.72. The predicted octanol–water partition coefficient (Wildman–Crippen LogP) is 2.67. The molecule has 0 spiro atoms. The lowest BCUT2D eigenvalue weighted by atomic mass is 10.00. The molecule has 1 aromatic carbocycles. The normalized spacial score (nSPS) is 16.4. The van der Waals surface area contributed by atoms with Gasteiger partial charge >= 0.3 is 0 Å². The first-order valence-electron chi connectivity index (χ1n) is 7.08. The highest BCUT2D eigenvalue weighted by molar-refractivity contribution is 5.82. The molecule has 1 amide bonds. The first-order chi connectivity index (χ1) is 9.54. The van der Waals surface area contributed by atoms with Crippen LogP contribution >= 0.6 is 0 Å². The number of anilines is 1. The van der Waals surface area contributed by atoms with Crippen LogP contribution in [0.5, 0.6) is 0 Å². The summed E-state index contributed by atoms with van der Waals surface area (Å²) < 4.78 is 0. The van der Waals surface area contributed by atoms with Crippen LogP contribution < -0.4 is 10.6 Å². The Labute approximate surface area is 120 Å². The second-order valence-electron chi connectivity index (χ2n) is 5.60. The molecule has 2 rings (SSSR count). The SMILES string of the molecule is Cc1ccc(NCC(=O)NC2(C#N)CCCC2)cc1C. The zero-order chi connectivity index (χ0) is 14.6. The van der Waals surface area contributed by atoms with Crippen LogP contribution in [0.15, 0.2) is 18.2 Å². The molecule has 1 aromatic rings. The monoisotopic (exact) mass is 271 g/mol. The highest BCUT2D eigenvalue weighted by Crippen LogP contribution is 2.28. The third kappa shape index (κ3) is 3.30. The summed E-state index contributed by atoms with van der Waals surface area (Å²) in [6.45, 7) is 4.30. The molecule has 0 unspecified atom stereocenters. The van der Waals surface area contributed by atoms with Crippen LogP contribution in [0.1, 0.15) is 36.8 Å². The molecule has 0 heterocycles. The molecule has 1 saturated carbocycles. The van der Waals surface area contributed by atoms with Crippen LogP contribution in [0.25, 0.3) is 0 Å². The van der Waals surface area contributed by atoms with Crippen molar-refractivity contribution in [1.29, 1.82) is 5.26 Å². The molecule has 106 valence electrons. The summed E-state index contributed by atoms with van der Waals surface area (Å²) in [6.07, 6.45) is 3.55. The Bertz CT molecular complexity index is 539. The second kappa shape index (κ2) is 5.96. The molecule has 4 heteroatoms. The maximum absolute atomic E-state index is 12.0. The minimum atomic E-state index is -0.637. The molecular formula is C16H21N3O. The maximum atomic E-state index is 12.0. The predicted molar refractivity (Wildman–Crippen MR) is 79.4 cm³/mol. The zero-order valence-electron chi connectivity index (χ0n) is 12.1. The van der Waals surface area contributed by atoms with Crippen molar-refractivity contribution in [2.75, 3.05) is 11.9 Å². The summed E-state index contributed by atoms with van der Waals surface area (Å²) in [5.74, 6) is -0.119. The lowest BCUT2D eigenvalue weighted by molar-refractivity contribution is -0.120. The van der Waals surface area contributed by atoms with E-state index >= 15 is 0 Å². The third-order valence-electron chi connectivity index (χ3n) is 4.01. The van der Waals surface area contributed by atoms with Crippen LogP contribution in [-0.2, 0) is 4.79 Å². The first kappa shape index (κ1) is 14.4. The fourth-order valence-corrected chi connectivity index (χ4v) is 2.59. The number of carbonyl (C=O) groups is 1. The van der Waals surface area contributed by atoms with Crippen molar-refractivity contribution < 1.29 is 4.79 Å². The molecule has 4 nitrogen and oxygen atoms in total. The number of carbonyl (C=O) groups excluding carboxylic acids is 1. The summed E-state index contributed by atoms with van der Waals surface area (Å²) in [7, 11) is 0. The van der Waals surface area contributed by atoms with Crippen LogP contribution in [-0.4, -0.2) is 18.0 Å². The number of hydrogen-bond acceptors (Lipinski definition) is 3. The Kier molecular flexibility index (Phi) is 4.29. The topological polar surface area (TPSA) is 64.9 Å². The van der Waals surface area contributed by atoms with Crippen molar-refractivity contribution in [3.63, 3.8) is 0 Å². The Morgan fingerprint density at radius 3 is 2.60 bits per heavy atom. The van der Waals surface area contributed by atoms with E-state index in [4.69, 9.17) is 0 Å². The molecule has 0 bridgehead atoms. The van der Waals surface area contributed by atoms with Gasteiger partial charge in [-0.15, -0.1) is 0 Å². The van der Waals surface area contributed by atoms with Gasteiger partial charge < -0.3 is 10.6 Å². The van der Waals surface area contributed by atoms with E-state index < -0.39 is 5.54 Å². The summed E-state index contributed by atoms with van der Waals surface area (Å²) in [6, 6.07) is 8.28. The van der Waals surface area contributed by atoms with E-state index in [-0.39, 0.29) is 12.5 Å². The molecule has 0 aliphatic heterocycles. The molecular weight excluding hydrogens is 250 g/mol. The Hall–Kier alpha value is -2.02. The summed E-state index contributed by atoms with van der Waals surface area (Å²) in [4.78, 5) is 12.0. The molecule has 0 aromatic heterocycles. The highest BCUT2D eigenvalue weighted by atomic mass is 16.2. The van der Waals surface area contributed by atoms with E-state index in [1.807, 2.05) is 25.1 Å². The van der Waals surface area contributed by atoms with E-state index in [0.717, 1.165) is 31.4 Å². The van der Waals surface area contributed by atoms with Gasteiger partial charge in [0.15, 0.2) is 0 Å². The van der Waals surface area contributed by atoms with Crippen LogP contribution in [0, 0.1) is 25.2 Å². The molecule has 1 fully saturated rings. The van der Waals surface area contributed by atoms with E-state index in [0.29, 0.717) is 0 Å². The Morgan fingerprint density at radius 2 is 2.00 bits per heavy atom. The number of rotatable bonds is 4. The number of nitrogens with zero attached hydrogens (tertiary/aromatic N) is 1. The van der Waals surface area contributed by atoms with Gasteiger partial charge in [0.1, 0.15) is 5.54 Å². The standard InChI is InChI=1S/C16H21N3O/c1-12-5-6-14(9-13(12)2)18-10-15(20)19-16(11-17)7-3-4-8-16/h5-6,9,18H,3-4,7-8,10H2,1-2H3,(H,19,20). The molecule has 2 N–H and O–H groups in total. The van der Waals surface area contributed by atoms with Gasteiger partial charge in [0, 0.05) is 5.69 Å². The molecule has 0 atom stereocenters. The lowest BCUT2D eigenvalue weighted by Gasteiger charge is -2.22. The van der Waals surface area contributed by atoms with Crippen LogP contribution in [0.3, 0.4) is 0 Å². The lowest BCUT2D eigenvalue weighted by Crippen LogP contribution is -2.47. The van der Waals surface area contributed by atoms with Gasteiger partial charge in [-0.3, -0.25) is 4.79 Å². The van der Waals surface area contributed by atoms with Crippen molar-refractivity contribution in [1.82, 2.24) is 5.32 Å². The van der Waals surface area contributed by atoms with Gasteiger partial charge in [0.2, 0.25) is 5.91 Å². The number of amides is 1. The van der Waals surface area contributed by atoms with Crippen molar-refractivity contribution >= 4 is 11.6 Å². The molecule has 1 aliphatic rings. The molecule has 20 heavy (non-hydrogen) atoms. The zero-order valence-corrected chi connectivity index (χ0v) is 12.1. The van der Waals surface area contributed by atoms with Crippen molar-refractivity contribution in [3.8, 4) is 6.07 Å². The average Bonchev–Trinajstić information content (AvgIpc) is 2.89. The largest absolute Gasteiger partial charge is 0.376 e. The van der Waals surface area contributed by atoms with Gasteiger partial charge in [-0.25, -0.2) is 0 Å². The quantitative estimate of drug-likeness (QED) is 0.885. The number of aryl methyl sites for hydroxylation is 2. The Morgan fingerprint density at radius 1 is 1.30 bits per heavy atom. The number of hydrogen-bond donors (Lipinski definition) is 2. The minimum absolute atomic E-state index is 0.119. The fourth-order valence-electron chi connectivity index (χ4n) is 2.59. The number of benzene rings is 1. The second-order valence-corrected chi connectivity index (χ2v) is 5.60. The molecule has 0 saturated heterocycles. The first-order valence-corrected chi connectivity index (χ1v) is 7.08. The van der Waals surface area contributed by atoms with Gasteiger partial charge in [0.25, 0.3) is 0 Å². The fraction of sp³-hybridized carbons (Fsp3) is 0.500. The summed E-state index contributed by atoms with van der Waals surface area (Å²) in [5, 5.41) is 15.2. The van der Waals surface area contributed by atoms with E-state index in [1.165, 1.54) is 11.1 Å². The average molecular weight is 271 g/mol. The summed E-state index contributed by atoms with van der Waals surface area (Å²) >= 11 is 0. The van der Waals surface area contributed by atoms with Crippen molar-refractivity contribution in [3.05, 3.63) is 29.3 Å². The van der Waals surface area contributed by atoms with Gasteiger partial charge in [-0.1, -0.05) is 6.07 Å². The Balaban J connectivity index is 1.89. The number of nitrogens with one attached hydrogen (secondary N) is 2. The maximum Gasteiger partial charge on any atom is 0.240 e. The van der Waals surface area contributed by atoms with Gasteiger partial charge in [-0.2, -0.15) is 5.26 Å². The van der Waals surface area contributed by atoms with Crippen LogP contribution in [0.4, 0.5) is 5.69 Å². The van der Waals surface area contributed by atoms with Gasteiger partial charge in [-0.05, 0) is 62.8 Å². The van der Waals surface area contributed by atoms with Crippen molar-refractivity contribution in [2.45, 2.75) is 45.1 Å². The third-order valence-corrected chi connectivity index (χ3v) is 4.01. The van der Waals surface area contributed by atoms with Crippen molar-refractivity contribution in [2.24, 2.45) is 0 Å². The number of nitriles is 1. The molecule has 1 aliphatic carbocycles. The minimum Gasteiger partial charge on any atom is -0.376 e. The molecule has 0 radical (unpaired) electrons. The smallest absolute Gasteiger partial charge is 0.240 e. The highest BCUT2D eigenvalue weighted by Gasteiger charge is 2.35. The van der Waals surface area contributed by atoms with Crippen LogP contribution in [0.2, 0.25) is 0 Å². The van der Waals surface area contributed by atoms with E-state index in [2.05, 4.69) is 23.6 Å².